The van der Waals surface area contributed by atoms with Crippen LogP contribution in [0.4, 0.5) is 0 Å². The molecule has 2 rings (SSSR count). The van der Waals surface area contributed by atoms with Gasteiger partial charge in [-0.3, -0.25) is 0 Å². The van der Waals surface area contributed by atoms with Crippen LogP contribution >= 0.6 is 0 Å². The van der Waals surface area contributed by atoms with Gasteiger partial charge in [-0.1, -0.05) is 48.5 Å². The van der Waals surface area contributed by atoms with Gasteiger partial charge >= 0.3 is 0 Å². The number of aliphatic hydroxyl groups is 1. The quantitative estimate of drug-likeness (QED) is 0.839. The van der Waals surface area contributed by atoms with Gasteiger partial charge in [0.25, 0.3) is 0 Å². The molecule has 0 aliphatic rings. The first-order valence-corrected chi connectivity index (χ1v) is 7.34. The predicted octanol–water partition coefficient (Wildman–Crippen LogP) is 3.90. The summed E-state index contributed by atoms with van der Waals surface area (Å²) in [6.07, 6.45) is -1.17. The van der Waals surface area contributed by atoms with Crippen molar-refractivity contribution < 1.29 is 14.6 Å². The molecular formula is C18H22O3. The van der Waals surface area contributed by atoms with Crippen molar-refractivity contribution in [2.45, 2.75) is 26.1 Å². The SMILES string of the molecule is CCOc1ccccc1C(O)C(OCC)c1ccccc1. The van der Waals surface area contributed by atoms with Gasteiger partial charge in [0.05, 0.1) is 6.61 Å². The zero-order chi connectivity index (χ0) is 15.1. The van der Waals surface area contributed by atoms with Crippen molar-refractivity contribution in [3.8, 4) is 5.75 Å². The molecule has 0 saturated heterocycles. The summed E-state index contributed by atoms with van der Waals surface area (Å²) in [7, 11) is 0. The second kappa shape index (κ2) is 7.81. The molecule has 0 spiro atoms. The van der Waals surface area contributed by atoms with Crippen LogP contribution in [-0.2, 0) is 4.74 Å². The first-order chi connectivity index (χ1) is 10.3. The van der Waals surface area contributed by atoms with Crippen molar-refractivity contribution in [2.24, 2.45) is 0 Å². The first kappa shape index (κ1) is 15.5. The van der Waals surface area contributed by atoms with Gasteiger partial charge < -0.3 is 14.6 Å². The largest absolute Gasteiger partial charge is 0.493 e. The number of hydrogen-bond donors (Lipinski definition) is 1. The maximum absolute atomic E-state index is 10.8. The highest BCUT2D eigenvalue weighted by atomic mass is 16.5. The van der Waals surface area contributed by atoms with Crippen LogP contribution in [0, 0.1) is 0 Å². The third-order valence-corrected chi connectivity index (χ3v) is 3.30. The number of rotatable bonds is 7. The topological polar surface area (TPSA) is 38.7 Å². The monoisotopic (exact) mass is 286 g/mol. The molecule has 0 aliphatic carbocycles. The van der Waals surface area contributed by atoms with Crippen LogP contribution in [0.3, 0.4) is 0 Å². The predicted molar refractivity (Wildman–Crippen MR) is 83.4 cm³/mol. The van der Waals surface area contributed by atoms with Crippen LogP contribution < -0.4 is 4.74 Å². The Balaban J connectivity index is 2.32. The number of para-hydroxylation sites is 1. The second-order valence-corrected chi connectivity index (χ2v) is 4.70. The van der Waals surface area contributed by atoms with E-state index < -0.39 is 12.2 Å². The Kier molecular flexibility index (Phi) is 5.78. The summed E-state index contributed by atoms with van der Waals surface area (Å²) in [5.41, 5.74) is 1.71. The minimum atomic E-state index is -0.768. The van der Waals surface area contributed by atoms with Crippen molar-refractivity contribution in [3.05, 3.63) is 65.7 Å². The van der Waals surface area contributed by atoms with E-state index in [9.17, 15) is 5.11 Å². The van der Waals surface area contributed by atoms with Gasteiger partial charge in [-0.25, -0.2) is 0 Å². The molecule has 2 aromatic carbocycles. The van der Waals surface area contributed by atoms with Crippen LogP contribution in [0.1, 0.15) is 37.2 Å². The summed E-state index contributed by atoms with van der Waals surface area (Å²) in [4.78, 5) is 0. The van der Waals surface area contributed by atoms with Gasteiger partial charge in [-0.15, -0.1) is 0 Å². The number of ether oxygens (including phenoxy) is 2. The van der Waals surface area contributed by atoms with Crippen molar-refractivity contribution >= 4 is 0 Å². The Morgan fingerprint density at radius 3 is 2.24 bits per heavy atom. The minimum Gasteiger partial charge on any atom is -0.493 e. The van der Waals surface area contributed by atoms with E-state index in [4.69, 9.17) is 9.47 Å². The standard InChI is InChI=1S/C18H22O3/c1-3-20-16-13-9-8-12-15(16)17(19)18(21-4-2)14-10-6-5-7-11-14/h5-13,17-19H,3-4H2,1-2H3. The summed E-state index contributed by atoms with van der Waals surface area (Å²) < 4.78 is 11.4. The van der Waals surface area contributed by atoms with Gasteiger partial charge in [-0.2, -0.15) is 0 Å². The van der Waals surface area contributed by atoms with E-state index in [-0.39, 0.29) is 0 Å². The Morgan fingerprint density at radius 2 is 1.57 bits per heavy atom. The van der Waals surface area contributed by atoms with Crippen molar-refractivity contribution in [1.29, 1.82) is 0 Å². The molecule has 2 atom stereocenters. The molecule has 2 aromatic rings. The molecule has 0 bridgehead atoms. The summed E-state index contributed by atoms with van der Waals surface area (Å²) >= 11 is 0. The molecule has 3 heteroatoms. The van der Waals surface area contributed by atoms with Crippen LogP contribution in [0.25, 0.3) is 0 Å². The highest BCUT2D eigenvalue weighted by molar-refractivity contribution is 5.37. The fourth-order valence-electron chi connectivity index (χ4n) is 2.37. The van der Waals surface area contributed by atoms with Gasteiger partial charge in [-0.05, 0) is 25.5 Å². The highest BCUT2D eigenvalue weighted by Crippen LogP contribution is 2.36. The number of aliphatic hydroxyl groups excluding tert-OH is 1. The summed E-state index contributed by atoms with van der Waals surface area (Å²) in [5.74, 6) is 0.702. The molecule has 21 heavy (non-hydrogen) atoms. The van der Waals surface area contributed by atoms with Crippen LogP contribution in [-0.4, -0.2) is 18.3 Å². The van der Waals surface area contributed by atoms with E-state index in [1.807, 2.05) is 68.4 Å². The molecule has 0 aromatic heterocycles. The second-order valence-electron chi connectivity index (χ2n) is 4.70. The van der Waals surface area contributed by atoms with Gasteiger partial charge in [0, 0.05) is 12.2 Å². The lowest BCUT2D eigenvalue weighted by Crippen LogP contribution is -2.15. The lowest BCUT2D eigenvalue weighted by atomic mass is 9.97. The van der Waals surface area contributed by atoms with Gasteiger partial charge in [0.1, 0.15) is 18.0 Å². The number of benzene rings is 2. The van der Waals surface area contributed by atoms with E-state index >= 15 is 0 Å². The Bertz CT molecular complexity index is 539. The van der Waals surface area contributed by atoms with Crippen molar-refractivity contribution in [1.82, 2.24) is 0 Å². The normalized spacial score (nSPS) is 13.7. The van der Waals surface area contributed by atoms with E-state index in [0.717, 1.165) is 11.1 Å². The lowest BCUT2D eigenvalue weighted by Gasteiger charge is -2.25. The average Bonchev–Trinajstić information content (AvgIpc) is 2.54. The summed E-state index contributed by atoms with van der Waals surface area (Å²) in [6.45, 7) is 4.96. The summed E-state index contributed by atoms with van der Waals surface area (Å²) in [6, 6.07) is 17.3. The molecule has 0 heterocycles. The Hall–Kier alpha value is -1.84. The Labute approximate surface area is 126 Å². The van der Waals surface area contributed by atoms with Crippen molar-refractivity contribution in [2.75, 3.05) is 13.2 Å². The zero-order valence-electron chi connectivity index (χ0n) is 12.5. The van der Waals surface area contributed by atoms with Gasteiger partial charge in [0.15, 0.2) is 0 Å². The zero-order valence-corrected chi connectivity index (χ0v) is 12.5. The summed E-state index contributed by atoms with van der Waals surface area (Å²) in [5, 5.41) is 10.8. The van der Waals surface area contributed by atoms with Crippen LogP contribution in [0.5, 0.6) is 5.75 Å². The van der Waals surface area contributed by atoms with E-state index in [1.54, 1.807) is 0 Å². The lowest BCUT2D eigenvalue weighted by molar-refractivity contribution is -0.0371. The van der Waals surface area contributed by atoms with Crippen LogP contribution in [0.2, 0.25) is 0 Å². The average molecular weight is 286 g/mol. The maximum atomic E-state index is 10.8. The van der Waals surface area contributed by atoms with Crippen LogP contribution in [0.15, 0.2) is 54.6 Å². The number of hydrogen-bond acceptors (Lipinski definition) is 3. The third kappa shape index (κ3) is 3.84. The smallest absolute Gasteiger partial charge is 0.125 e. The Morgan fingerprint density at radius 1 is 0.905 bits per heavy atom. The molecule has 112 valence electrons. The molecule has 2 unspecified atom stereocenters. The fourth-order valence-corrected chi connectivity index (χ4v) is 2.37. The van der Waals surface area contributed by atoms with E-state index in [2.05, 4.69) is 0 Å². The first-order valence-electron chi connectivity index (χ1n) is 7.34. The van der Waals surface area contributed by atoms with Gasteiger partial charge in [0.2, 0.25) is 0 Å². The molecule has 0 fully saturated rings. The maximum Gasteiger partial charge on any atom is 0.125 e. The molecular weight excluding hydrogens is 264 g/mol. The molecule has 0 saturated carbocycles. The molecule has 0 amide bonds. The fraction of sp³-hybridized carbons (Fsp3) is 0.333. The molecule has 3 nitrogen and oxygen atoms in total. The minimum absolute atomic E-state index is 0.405. The third-order valence-electron chi connectivity index (χ3n) is 3.30. The highest BCUT2D eigenvalue weighted by Gasteiger charge is 2.25. The van der Waals surface area contributed by atoms with Crippen molar-refractivity contribution in [3.63, 3.8) is 0 Å². The van der Waals surface area contributed by atoms with E-state index in [0.29, 0.717) is 19.0 Å². The molecule has 0 radical (unpaired) electrons. The molecule has 0 aliphatic heterocycles. The van der Waals surface area contributed by atoms with E-state index in [1.165, 1.54) is 0 Å². The molecule has 1 N–H and O–H groups in total.